The third-order valence-corrected chi connectivity index (χ3v) is 4.70. The van der Waals surface area contributed by atoms with Crippen molar-refractivity contribution in [1.29, 1.82) is 0 Å². The van der Waals surface area contributed by atoms with E-state index in [-0.39, 0.29) is 12.4 Å². The Bertz CT molecular complexity index is 977. The van der Waals surface area contributed by atoms with Crippen LogP contribution in [0.1, 0.15) is 17.2 Å². The molecule has 8 nitrogen and oxygen atoms in total. The number of hydrogen-bond donors (Lipinski definition) is 1. The first-order chi connectivity index (χ1) is 15.0. The van der Waals surface area contributed by atoms with Crippen molar-refractivity contribution >= 4 is 29.6 Å². The first kappa shape index (κ1) is 22.2. The summed E-state index contributed by atoms with van der Waals surface area (Å²) in [6.45, 7) is -0.398. The van der Waals surface area contributed by atoms with Crippen molar-refractivity contribution in [2.24, 2.45) is 0 Å². The molecule has 3 rings (SSSR count). The van der Waals surface area contributed by atoms with Gasteiger partial charge in [0.25, 0.3) is 0 Å². The molecule has 0 fully saturated rings. The molecule has 1 aliphatic rings. The maximum Gasteiger partial charge on any atom is 0.407 e. The van der Waals surface area contributed by atoms with Crippen molar-refractivity contribution in [3.8, 4) is 0 Å². The fourth-order valence-electron chi connectivity index (χ4n) is 2.90. The van der Waals surface area contributed by atoms with Gasteiger partial charge in [0, 0.05) is 10.6 Å². The molecular formula is C22H20ClNO7. The van der Waals surface area contributed by atoms with Crippen molar-refractivity contribution in [2.45, 2.75) is 18.8 Å². The predicted molar refractivity (Wildman–Crippen MR) is 110 cm³/mol. The van der Waals surface area contributed by atoms with E-state index in [9.17, 15) is 14.4 Å². The molecule has 1 heterocycles. The lowest BCUT2D eigenvalue weighted by Gasteiger charge is -2.25. The van der Waals surface area contributed by atoms with Crippen molar-refractivity contribution in [3.63, 3.8) is 0 Å². The monoisotopic (exact) mass is 445 g/mol. The van der Waals surface area contributed by atoms with Gasteiger partial charge in [0.2, 0.25) is 0 Å². The topological polar surface area (TPSA) is 100 Å². The Hall–Kier alpha value is -3.52. The molecule has 2 aromatic rings. The zero-order chi connectivity index (χ0) is 22.2. The lowest BCUT2D eigenvalue weighted by Crippen LogP contribution is -2.34. The number of halogens is 1. The number of carbonyl (C=O) groups is 3. The summed E-state index contributed by atoms with van der Waals surface area (Å²) in [5, 5.41) is 2.64. The number of nitrogens with one attached hydrogen (secondary N) is 1. The molecule has 1 aliphatic heterocycles. The van der Waals surface area contributed by atoms with Gasteiger partial charge in [-0.2, -0.15) is 0 Å². The van der Waals surface area contributed by atoms with Gasteiger partial charge >= 0.3 is 18.0 Å². The number of ether oxygens (including phenoxy) is 4. The highest BCUT2D eigenvalue weighted by Gasteiger charge is 2.39. The van der Waals surface area contributed by atoms with E-state index in [1.165, 1.54) is 13.2 Å². The van der Waals surface area contributed by atoms with Crippen LogP contribution in [0.25, 0.3) is 0 Å². The number of esters is 2. The molecule has 9 heteroatoms. The minimum absolute atomic E-state index is 0.0595. The van der Waals surface area contributed by atoms with Crippen molar-refractivity contribution in [3.05, 3.63) is 82.6 Å². The van der Waals surface area contributed by atoms with Gasteiger partial charge in [-0.05, 0) is 11.6 Å². The summed E-state index contributed by atoms with van der Waals surface area (Å²) in [6.07, 6.45) is -1.69. The first-order valence-corrected chi connectivity index (χ1v) is 9.70. The van der Waals surface area contributed by atoms with Gasteiger partial charge in [-0.15, -0.1) is 0 Å². The molecular weight excluding hydrogens is 426 g/mol. The molecule has 1 N–H and O–H groups in total. The van der Waals surface area contributed by atoms with E-state index in [4.69, 9.17) is 30.5 Å². The lowest BCUT2D eigenvalue weighted by atomic mass is 10.0. The molecule has 0 spiro atoms. The van der Waals surface area contributed by atoms with Gasteiger partial charge in [-0.25, -0.2) is 9.59 Å². The van der Waals surface area contributed by atoms with E-state index >= 15 is 0 Å². The minimum atomic E-state index is -1.07. The number of alkyl carbamates (subject to hydrolysis) is 1. The molecule has 0 radical (unpaired) electrons. The van der Waals surface area contributed by atoms with Crippen LogP contribution in [0.3, 0.4) is 0 Å². The van der Waals surface area contributed by atoms with E-state index in [0.717, 1.165) is 5.56 Å². The van der Waals surface area contributed by atoms with Crippen LogP contribution in [-0.2, 0) is 35.1 Å². The smallest absolute Gasteiger partial charge is 0.407 e. The largest absolute Gasteiger partial charge is 0.497 e. The Kier molecular flexibility index (Phi) is 7.50. The van der Waals surface area contributed by atoms with Crippen LogP contribution in [0, 0.1) is 0 Å². The zero-order valence-corrected chi connectivity index (χ0v) is 17.3. The number of rotatable bonds is 8. The maximum atomic E-state index is 12.4. The van der Waals surface area contributed by atoms with E-state index in [1.807, 2.05) is 18.2 Å². The Morgan fingerprint density at radius 1 is 1.13 bits per heavy atom. The lowest BCUT2D eigenvalue weighted by molar-refractivity contribution is -0.161. The summed E-state index contributed by atoms with van der Waals surface area (Å²) in [5.41, 5.74) is 1.23. The predicted octanol–water partition coefficient (Wildman–Crippen LogP) is 3.31. The Labute approximate surface area is 183 Å². The second-order valence-electron chi connectivity index (χ2n) is 6.46. The molecule has 0 aliphatic carbocycles. The molecule has 2 aromatic carbocycles. The fourth-order valence-corrected chi connectivity index (χ4v) is 3.14. The van der Waals surface area contributed by atoms with Crippen LogP contribution < -0.4 is 5.32 Å². The molecule has 0 aromatic heterocycles. The first-order valence-electron chi connectivity index (χ1n) is 9.32. The molecule has 0 bridgehead atoms. The number of cyclic esters (lactones) is 1. The second-order valence-corrected chi connectivity index (χ2v) is 6.86. The van der Waals surface area contributed by atoms with Gasteiger partial charge in [-0.3, -0.25) is 4.79 Å². The molecule has 2 unspecified atom stereocenters. The number of hydrogen-bond acceptors (Lipinski definition) is 7. The summed E-state index contributed by atoms with van der Waals surface area (Å²) in [5.74, 6) is -1.21. The minimum Gasteiger partial charge on any atom is -0.497 e. The maximum absolute atomic E-state index is 12.4. The normalized spacial score (nSPS) is 16.0. The number of methoxy groups -OCH3 is 1. The molecule has 162 valence electrons. The van der Waals surface area contributed by atoms with Crippen LogP contribution in [0.5, 0.6) is 0 Å². The third kappa shape index (κ3) is 5.99. The summed E-state index contributed by atoms with van der Waals surface area (Å²) < 4.78 is 21.0. The van der Waals surface area contributed by atoms with Crippen molar-refractivity contribution in [2.75, 3.05) is 13.7 Å². The van der Waals surface area contributed by atoms with Gasteiger partial charge in [0.1, 0.15) is 18.9 Å². The zero-order valence-electron chi connectivity index (χ0n) is 16.6. The van der Waals surface area contributed by atoms with Crippen molar-refractivity contribution < 1.29 is 33.3 Å². The average Bonchev–Trinajstić information content (AvgIpc) is 3.16. The average molecular weight is 446 g/mol. The van der Waals surface area contributed by atoms with E-state index in [1.54, 1.807) is 36.4 Å². The molecule has 0 saturated carbocycles. The fraction of sp³-hybridized carbons (Fsp3) is 0.227. The van der Waals surface area contributed by atoms with Gasteiger partial charge in [0.15, 0.2) is 12.2 Å². The molecule has 31 heavy (non-hydrogen) atoms. The number of carbonyl (C=O) groups excluding carboxylic acids is 3. The Balaban J connectivity index is 1.62. The Morgan fingerprint density at radius 3 is 2.55 bits per heavy atom. The SMILES string of the molecule is COC1=CC(=O)OC1C(OC(=O)CNC(=O)OCc1ccccc1)c1ccccc1Cl. The standard InChI is InChI=1S/C22H20ClNO7/c1-28-17-11-18(25)30-21(17)20(15-9-5-6-10-16(15)23)31-19(26)12-24-22(27)29-13-14-7-3-2-4-8-14/h2-11,20-21H,12-13H2,1H3,(H,24,27). The number of benzene rings is 2. The van der Waals surface area contributed by atoms with E-state index in [2.05, 4.69) is 5.32 Å². The summed E-state index contributed by atoms with van der Waals surface area (Å²) >= 11 is 6.25. The van der Waals surface area contributed by atoms with Gasteiger partial charge in [0.05, 0.1) is 13.2 Å². The molecule has 2 atom stereocenters. The highest BCUT2D eigenvalue weighted by molar-refractivity contribution is 6.31. The van der Waals surface area contributed by atoms with Crippen LogP contribution >= 0.6 is 11.6 Å². The van der Waals surface area contributed by atoms with Crippen LogP contribution in [0.15, 0.2) is 66.4 Å². The summed E-state index contributed by atoms with van der Waals surface area (Å²) in [4.78, 5) is 36.0. The molecule has 0 saturated heterocycles. The van der Waals surface area contributed by atoms with Crippen LogP contribution in [0.2, 0.25) is 5.02 Å². The van der Waals surface area contributed by atoms with Crippen molar-refractivity contribution in [1.82, 2.24) is 5.32 Å². The highest BCUT2D eigenvalue weighted by Crippen LogP contribution is 2.35. The van der Waals surface area contributed by atoms with Gasteiger partial charge < -0.3 is 24.3 Å². The van der Waals surface area contributed by atoms with Gasteiger partial charge in [-0.1, -0.05) is 60.1 Å². The number of amides is 1. The van der Waals surface area contributed by atoms with E-state index < -0.39 is 36.8 Å². The second kappa shape index (κ2) is 10.5. The summed E-state index contributed by atoms with van der Waals surface area (Å²) in [6, 6.07) is 15.8. The molecule has 1 amide bonds. The highest BCUT2D eigenvalue weighted by atomic mass is 35.5. The van der Waals surface area contributed by atoms with Crippen LogP contribution in [0.4, 0.5) is 4.79 Å². The quantitative estimate of drug-likeness (QED) is 0.491. The summed E-state index contributed by atoms with van der Waals surface area (Å²) in [7, 11) is 1.37. The third-order valence-electron chi connectivity index (χ3n) is 4.35. The Morgan fingerprint density at radius 2 is 1.84 bits per heavy atom. The van der Waals surface area contributed by atoms with Crippen LogP contribution in [-0.4, -0.2) is 37.8 Å². The van der Waals surface area contributed by atoms with E-state index in [0.29, 0.717) is 10.6 Å².